The molecule has 1 aliphatic carbocycles. The minimum Gasteiger partial charge on any atom is -0.455 e. The zero-order valence-electron chi connectivity index (χ0n) is 14.6. The van der Waals surface area contributed by atoms with Gasteiger partial charge in [0.25, 0.3) is 0 Å². The lowest BCUT2D eigenvalue weighted by molar-refractivity contribution is -0.139. The van der Waals surface area contributed by atoms with Crippen LogP contribution >= 0.6 is 15.9 Å². The fraction of sp³-hybridized carbons (Fsp3) is 0.476. The summed E-state index contributed by atoms with van der Waals surface area (Å²) < 4.78 is 12.8. The van der Waals surface area contributed by atoms with Gasteiger partial charge in [-0.15, -0.1) is 0 Å². The Labute approximate surface area is 157 Å². The lowest BCUT2D eigenvalue weighted by atomic mass is 9.83. The summed E-state index contributed by atoms with van der Waals surface area (Å²) in [6.07, 6.45) is 8.13. The zero-order valence-corrected chi connectivity index (χ0v) is 16.2. The Kier molecular flexibility index (Phi) is 4.37. The highest BCUT2D eigenvalue weighted by atomic mass is 79.9. The molecule has 1 aromatic rings. The summed E-state index contributed by atoms with van der Waals surface area (Å²) in [7, 11) is 0. The van der Waals surface area contributed by atoms with E-state index in [1.807, 2.05) is 30.3 Å². The van der Waals surface area contributed by atoms with E-state index in [1.54, 1.807) is 0 Å². The number of fused-ring (bicyclic) bond motifs is 3. The average Bonchev–Trinajstić information content (AvgIpc) is 3.13. The second kappa shape index (κ2) is 6.40. The van der Waals surface area contributed by atoms with Crippen molar-refractivity contribution in [1.82, 2.24) is 0 Å². The molecule has 2 aliphatic heterocycles. The third kappa shape index (κ3) is 3.34. The predicted molar refractivity (Wildman–Crippen MR) is 101 cm³/mol. The Morgan fingerprint density at radius 2 is 2.20 bits per heavy atom. The van der Waals surface area contributed by atoms with E-state index >= 15 is 0 Å². The number of epoxide rings is 1. The number of carbonyl (C=O) groups excluding carboxylic acids is 1. The summed E-state index contributed by atoms with van der Waals surface area (Å²) in [6, 6.07) is 8.01. The van der Waals surface area contributed by atoms with Crippen molar-refractivity contribution in [2.75, 3.05) is 0 Å². The number of rotatable bonds is 1. The molecule has 0 amide bonds. The van der Waals surface area contributed by atoms with Crippen molar-refractivity contribution >= 4 is 28.0 Å². The van der Waals surface area contributed by atoms with Gasteiger partial charge in [-0.05, 0) is 63.3 Å². The molecule has 3 aliphatic rings. The maximum Gasteiger partial charge on any atom is 0.334 e. The summed E-state index contributed by atoms with van der Waals surface area (Å²) in [5, 5.41) is 0. The quantitative estimate of drug-likeness (QED) is 0.285. The smallest absolute Gasteiger partial charge is 0.334 e. The molecule has 0 radical (unpaired) electrons. The van der Waals surface area contributed by atoms with Crippen molar-refractivity contribution in [3.63, 3.8) is 0 Å². The normalized spacial score (nSPS) is 38.4. The van der Waals surface area contributed by atoms with E-state index in [1.165, 1.54) is 5.57 Å². The Morgan fingerprint density at radius 1 is 1.36 bits per heavy atom. The van der Waals surface area contributed by atoms with Gasteiger partial charge in [0, 0.05) is 16.0 Å². The Balaban J connectivity index is 1.68. The van der Waals surface area contributed by atoms with Gasteiger partial charge in [0.05, 0.1) is 5.60 Å². The van der Waals surface area contributed by atoms with Crippen LogP contribution in [-0.4, -0.2) is 23.8 Å². The molecule has 0 N–H and O–H groups in total. The number of carbonyl (C=O) groups is 1. The van der Waals surface area contributed by atoms with Crippen LogP contribution < -0.4 is 0 Å². The van der Waals surface area contributed by atoms with Crippen molar-refractivity contribution in [3.05, 3.63) is 51.5 Å². The molecule has 4 rings (SSSR count). The summed E-state index contributed by atoms with van der Waals surface area (Å²) in [6.45, 7) is 4.32. The van der Waals surface area contributed by atoms with Crippen molar-refractivity contribution in [1.29, 1.82) is 0 Å². The van der Waals surface area contributed by atoms with E-state index in [0.717, 1.165) is 41.3 Å². The molecule has 2 saturated heterocycles. The van der Waals surface area contributed by atoms with Gasteiger partial charge < -0.3 is 9.47 Å². The second-order valence-electron chi connectivity index (χ2n) is 7.61. The summed E-state index contributed by atoms with van der Waals surface area (Å²) in [4.78, 5) is 12.6. The number of halogens is 1. The molecule has 0 unspecified atom stereocenters. The largest absolute Gasteiger partial charge is 0.455 e. The lowest BCUT2D eigenvalue weighted by Crippen LogP contribution is -2.28. The van der Waals surface area contributed by atoms with E-state index in [0.29, 0.717) is 0 Å². The van der Waals surface area contributed by atoms with Crippen LogP contribution in [0, 0.1) is 5.92 Å². The molecule has 2 fully saturated rings. The number of hydrogen-bond acceptors (Lipinski definition) is 3. The number of ether oxygens (including phenoxy) is 2. The minimum absolute atomic E-state index is 0.0293. The lowest BCUT2D eigenvalue weighted by Gasteiger charge is -2.19. The van der Waals surface area contributed by atoms with Crippen LogP contribution in [0.2, 0.25) is 0 Å². The first-order valence-corrected chi connectivity index (χ1v) is 9.77. The Bertz CT molecular complexity index is 766. The van der Waals surface area contributed by atoms with Gasteiger partial charge in [0.2, 0.25) is 0 Å². The highest BCUT2D eigenvalue weighted by Crippen LogP contribution is 2.50. The van der Waals surface area contributed by atoms with E-state index in [-0.39, 0.29) is 29.7 Å². The fourth-order valence-electron chi connectivity index (χ4n) is 4.10. The third-order valence-corrected chi connectivity index (χ3v) is 6.16. The summed E-state index contributed by atoms with van der Waals surface area (Å²) in [5.74, 6) is -0.0894. The summed E-state index contributed by atoms with van der Waals surface area (Å²) in [5.41, 5.74) is 3.05. The molecule has 0 spiro atoms. The Morgan fingerprint density at radius 3 is 3.00 bits per heavy atom. The van der Waals surface area contributed by atoms with E-state index in [9.17, 15) is 4.79 Å². The fourth-order valence-corrected chi connectivity index (χ4v) is 4.52. The zero-order chi connectivity index (χ0) is 17.6. The topological polar surface area (TPSA) is 38.8 Å². The predicted octanol–water partition coefficient (Wildman–Crippen LogP) is 5.05. The van der Waals surface area contributed by atoms with Gasteiger partial charge in [-0.2, -0.15) is 0 Å². The van der Waals surface area contributed by atoms with Crippen molar-refractivity contribution in [2.45, 2.75) is 57.3 Å². The number of benzene rings is 1. The molecule has 25 heavy (non-hydrogen) atoms. The van der Waals surface area contributed by atoms with Gasteiger partial charge >= 0.3 is 5.97 Å². The van der Waals surface area contributed by atoms with Crippen molar-refractivity contribution in [2.24, 2.45) is 5.92 Å². The standard InChI is InChI=1S/C21H23BrO3/c1-13-5-4-10-21(2)19(25-21)18-16(9-8-13)17(20(23)24-18)12-14-6-3-7-15(22)11-14/h3,5-7,11-12,16,18-19H,4,8-10H2,1-2H3/b13-5+,17-12-/t16-,18-,19-,21+/m0/s1. The average molecular weight is 403 g/mol. The first kappa shape index (κ1) is 17.0. The maximum absolute atomic E-state index is 12.6. The maximum atomic E-state index is 12.6. The molecule has 132 valence electrons. The molecule has 2 heterocycles. The molecule has 1 aromatic carbocycles. The first-order chi connectivity index (χ1) is 12.0. The van der Waals surface area contributed by atoms with Crippen molar-refractivity contribution in [3.8, 4) is 0 Å². The van der Waals surface area contributed by atoms with E-state index in [4.69, 9.17) is 9.47 Å². The van der Waals surface area contributed by atoms with Gasteiger partial charge in [-0.1, -0.05) is 39.7 Å². The van der Waals surface area contributed by atoms with Crippen LogP contribution in [0.4, 0.5) is 0 Å². The molecule has 3 nitrogen and oxygen atoms in total. The van der Waals surface area contributed by atoms with Gasteiger partial charge in [-0.25, -0.2) is 4.79 Å². The van der Waals surface area contributed by atoms with Crippen LogP contribution in [0.1, 0.15) is 45.1 Å². The highest BCUT2D eigenvalue weighted by molar-refractivity contribution is 9.10. The number of allylic oxidation sites excluding steroid dienone is 2. The molecule has 0 bridgehead atoms. The molecule has 4 heteroatoms. The molecular formula is C21H23BrO3. The summed E-state index contributed by atoms with van der Waals surface area (Å²) >= 11 is 3.50. The monoisotopic (exact) mass is 402 g/mol. The van der Waals surface area contributed by atoms with Gasteiger partial charge in [-0.3, -0.25) is 0 Å². The van der Waals surface area contributed by atoms with Crippen molar-refractivity contribution < 1.29 is 14.3 Å². The van der Waals surface area contributed by atoms with Crippen LogP contribution in [0.25, 0.3) is 6.08 Å². The van der Waals surface area contributed by atoms with Crippen LogP contribution in [0.3, 0.4) is 0 Å². The van der Waals surface area contributed by atoms with Crippen LogP contribution in [0.5, 0.6) is 0 Å². The highest BCUT2D eigenvalue weighted by Gasteiger charge is 2.61. The van der Waals surface area contributed by atoms with E-state index in [2.05, 4.69) is 35.9 Å². The van der Waals surface area contributed by atoms with Gasteiger partial charge in [0.15, 0.2) is 0 Å². The second-order valence-corrected chi connectivity index (χ2v) is 8.53. The third-order valence-electron chi connectivity index (χ3n) is 5.67. The van der Waals surface area contributed by atoms with E-state index < -0.39 is 0 Å². The first-order valence-electron chi connectivity index (χ1n) is 8.98. The number of hydrogen-bond donors (Lipinski definition) is 0. The van der Waals surface area contributed by atoms with Crippen LogP contribution in [0.15, 0.2) is 46.0 Å². The van der Waals surface area contributed by atoms with Crippen LogP contribution in [-0.2, 0) is 14.3 Å². The minimum atomic E-state index is -0.186. The molecule has 0 aromatic heterocycles. The molecular weight excluding hydrogens is 380 g/mol. The number of esters is 1. The molecule has 4 atom stereocenters. The molecule has 0 saturated carbocycles. The SMILES string of the molecule is C/C1=C\CC[C@@]2(C)O[C@H]2[C@H]2OC(=O)/C(=C\c3cccc(Br)c3)[C@@H]2CC1. The Hall–Kier alpha value is -1.39. The van der Waals surface area contributed by atoms with Gasteiger partial charge in [0.1, 0.15) is 12.2 Å².